The standard InChI is InChI=1S/C43H27N3O2/c1-2-11-26(12-3-1)27-23-24-29-28(25-27)13-8-16-30(29)41-44-42(33-17-9-21-37-39(33)31-14-4-6-19-35(31)47-37)46-43(45-41)34-18-10-22-38-40(34)32-15-5-7-20-36(32)48-38/h1-19,21-25,36H,20H2. The van der Waals surface area contributed by atoms with Gasteiger partial charge < -0.3 is 9.15 Å². The molecule has 8 aromatic rings. The second-order valence-electron chi connectivity index (χ2n) is 12.3. The van der Waals surface area contributed by atoms with Crippen LogP contribution in [0.2, 0.25) is 0 Å². The highest BCUT2D eigenvalue weighted by atomic mass is 16.5. The first-order chi connectivity index (χ1) is 23.8. The third-order valence-electron chi connectivity index (χ3n) is 9.44. The van der Waals surface area contributed by atoms with Gasteiger partial charge in [0.25, 0.3) is 0 Å². The lowest BCUT2D eigenvalue weighted by Gasteiger charge is -2.14. The molecule has 5 heteroatoms. The van der Waals surface area contributed by atoms with E-state index >= 15 is 0 Å². The minimum atomic E-state index is -0.00477. The second-order valence-corrected chi connectivity index (χ2v) is 12.3. The molecule has 3 heterocycles. The summed E-state index contributed by atoms with van der Waals surface area (Å²) < 4.78 is 12.7. The molecule has 1 atom stereocenters. The van der Waals surface area contributed by atoms with E-state index in [2.05, 4.69) is 97.1 Å². The maximum absolute atomic E-state index is 6.40. The number of ether oxygens (including phenoxy) is 1. The Hall–Kier alpha value is -6.33. The number of furan rings is 1. The Morgan fingerprint density at radius 2 is 1.29 bits per heavy atom. The van der Waals surface area contributed by atoms with Crippen molar-refractivity contribution in [1.29, 1.82) is 0 Å². The summed E-state index contributed by atoms with van der Waals surface area (Å²) in [5, 5.41) is 4.22. The summed E-state index contributed by atoms with van der Waals surface area (Å²) in [6.45, 7) is 0. The molecular weight excluding hydrogens is 590 g/mol. The maximum Gasteiger partial charge on any atom is 0.164 e. The number of aromatic nitrogens is 3. The van der Waals surface area contributed by atoms with Gasteiger partial charge in [0.2, 0.25) is 0 Å². The Morgan fingerprint density at radius 3 is 2.21 bits per heavy atom. The fourth-order valence-corrected chi connectivity index (χ4v) is 7.22. The molecule has 2 aromatic heterocycles. The molecule has 48 heavy (non-hydrogen) atoms. The Balaban J connectivity index is 1.23. The lowest BCUT2D eigenvalue weighted by Crippen LogP contribution is -2.12. The van der Waals surface area contributed by atoms with Crippen LogP contribution in [0.3, 0.4) is 0 Å². The molecule has 0 N–H and O–H groups in total. The van der Waals surface area contributed by atoms with E-state index < -0.39 is 0 Å². The van der Waals surface area contributed by atoms with Crippen LogP contribution in [0.4, 0.5) is 0 Å². The van der Waals surface area contributed by atoms with Gasteiger partial charge in [-0.3, -0.25) is 0 Å². The van der Waals surface area contributed by atoms with Crippen molar-refractivity contribution in [3.63, 3.8) is 0 Å². The van der Waals surface area contributed by atoms with Gasteiger partial charge in [0, 0.05) is 45.0 Å². The van der Waals surface area contributed by atoms with Crippen molar-refractivity contribution in [2.75, 3.05) is 0 Å². The minimum Gasteiger partial charge on any atom is -0.485 e. The van der Waals surface area contributed by atoms with Crippen molar-refractivity contribution in [2.24, 2.45) is 0 Å². The zero-order chi connectivity index (χ0) is 31.6. The first-order valence-electron chi connectivity index (χ1n) is 16.2. The summed E-state index contributed by atoms with van der Waals surface area (Å²) in [7, 11) is 0. The van der Waals surface area contributed by atoms with Crippen molar-refractivity contribution in [3.8, 4) is 51.0 Å². The number of rotatable bonds is 4. The summed E-state index contributed by atoms with van der Waals surface area (Å²) in [6, 6.07) is 43.7. The molecule has 10 rings (SSSR count). The topological polar surface area (TPSA) is 61.0 Å². The van der Waals surface area contributed by atoms with Crippen molar-refractivity contribution in [3.05, 3.63) is 151 Å². The van der Waals surface area contributed by atoms with Gasteiger partial charge >= 0.3 is 0 Å². The third kappa shape index (κ3) is 4.21. The first-order valence-corrected chi connectivity index (χ1v) is 16.2. The molecule has 0 saturated heterocycles. The van der Waals surface area contributed by atoms with Crippen LogP contribution in [0.15, 0.2) is 150 Å². The normalized spacial score (nSPS) is 15.0. The van der Waals surface area contributed by atoms with Gasteiger partial charge in [-0.05, 0) is 46.2 Å². The van der Waals surface area contributed by atoms with E-state index in [1.807, 2.05) is 48.5 Å². The van der Waals surface area contributed by atoms with Crippen LogP contribution in [0, 0.1) is 0 Å². The van der Waals surface area contributed by atoms with Crippen molar-refractivity contribution in [1.82, 2.24) is 15.0 Å². The number of benzene rings is 6. The highest BCUT2D eigenvalue weighted by Crippen LogP contribution is 2.46. The van der Waals surface area contributed by atoms with E-state index in [1.165, 1.54) is 11.1 Å². The summed E-state index contributed by atoms with van der Waals surface area (Å²) >= 11 is 0. The average molecular weight is 618 g/mol. The molecular formula is C43H27N3O2. The number of hydrogen-bond acceptors (Lipinski definition) is 5. The molecule has 226 valence electrons. The zero-order valence-corrected chi connectivity index (χ0v) is 25.8. The molecule has 1 aliphatic heterocycles. The maximum atomic E-state index is 6.40. The lowest BCUT2D eigenvalue weighted by molar-refractivity contribution is 0.279. The van der Waals surface area contributed by atoms with Gasteiger partial charge in [0.05, 0.1) is 0 Å². The summed E-state index contributed by atoms with van der Waals surface area (Å²) in [6.07, 6.45) is 7.24. The van der Waals surface area contributed by atoms with Gasteiger partial charge in [-0.1, -0.05) is 121 Å². The van der Waals surface area contributed by atoms with Crippen LogP contribution in [0.25, 0.3) is 83.6 Å². The number of nitrogens with zero attached hydrogens (tertiary/aromatic N) is 3. The van der Waals surface area contributed by atoms with E-state index in [0.29, 0.717) is 17.5 Å². The fourth-order valence-electron chi connectivity index (χ4n) is 7.22. The van der Waals surface area contributed by atoms with Gasteiger partial charge in [-0.2, -0.15) is 0 Å². The smallest absolute Gasteiger partial charge is 0.164 e. The molecule has 5 nitrogen and oxygen atoms in total. The van der Waals surface area contributed by atoms with E-state index in [1.54, 1.807) is 0 Å². The van der Waals surface area contributed by atoms with Crippen LogP contribution in [0.5, 0.6) is 5.75 Å². The van der Waals surface area contributed by atoms with Gasteiger partial charge in [0.15, 0.2) is 17.5 Å². The number of para-hydroxylation sites is 1. The molecule has 1 aliphatic carbocycles. The summed E-state index contributed by atoms with van der Waals surface area (Å²) in [5.74, 6) is 2.67. The van der Waals surface area contributed by atoms with Crippen LogP contribution < -0.4 is 4.74 Å². The molecule has 0 fully saturated rings. The molecule has 0 spiro atoms. The van der Waals surface area contributed by atoms with E-state index in [4.69, 9.17) is 24.1 Å². The Morgan fingerprint density at radius 1 is 0.562 bits per heavy atom. The Labute approximate surface area is 276 Å². The highest BCUT2D eigenvalue weighted by Gasteiger charge is 2.32. The van der Waals surface area contributed by atoms with Gasteiger partial charge in [-0.25, -0.2) is 15.0 Å². The summed E-state index contributed by atoms with van der Waals surface area (Å²) in [4.78, 5) is 15.7. The molecule has 1 unspecified atom stereocenters. The summed E-state index contributed by atoms with van der Waals surface area (Å²) in [5.41, 5.74) is 8.96. The fraction of sp³-hybridized carbons (Fsp3) is 0.0465. The predicted molar refractivity (Wildman–Crippen MR) is 193 cm³/mol. The van der Waals surface area contributed by atoms with E-state index in [9.17, 15) is 0 Å². The number of fused-ring (bicyclic) bond motifs is 7. The van der Waals surface area contributed by atoms with Crippen LogP contribution in [-0.4, -0.2) is 21.1 Å². The predicted octanol–water partition coefficient (Wildman–Crippen LogP) is 10.7. The van der Waals surface area contributed by atoms with Crippen LogP contribution >= 0.6 is 0 Å². The van der Waals surface area contributed by atoms with E-state index in [-0.39, 0.29) is 6.10 Å². The largest absolute Gasteiger partial charge is 0.485 e. The highest BCUT2D eigenvalue weighted by molar-refractivity contribution is 6.12. The average Bonchev–Trinajstić information content (AvgIpc) is 3.73. The molecule has 0 bridgehead atoms. The minimum absolute atomic E-state index is 0.00477. The molecule has 2 aliphatic rings. The monoisotopic (exact) mass is 617 g/mol. The quantitative estimate of drug-likeness (QED) is 0.197. The number of hydrogen-bond donors (Lipinski definition) is 0. The van der Waals surface area contributed by atoms with Crippen molar-refractivity contribution >= 4 is 38.3 Å². The molecule has 0 radical (unpaired) electrons. The third-order valence-corrected chi connectivity index (χ3v) is 9.44. The van der Waals surface area contributed by atoms with Crippen molar-refractivity contribution in [2.45, 2.75) is 12.5 Å². The Bertz CT molecular complexity index is 2630. The zero-order valence-electron chi connectivity index (χ0n) is 25.8. The SMILES string of the molecule is C1=CCC2Oc3cccc(-c4nc(-c5cccc6cc(-c7ccccc7)ccc56)nc(-c5cccc6oc7ccccc7c56)n4)c3C2=C1. The molecule has 0 amide bonds. The molecule has 6 aromatic carbocycles. The van der Waals surface area contributed by atoms with Gasteiger partial charge in [0.1, 0.15) is 23.0 Å². The first kappa shape index (κ1) is 26.8. The number of allylic oxidation sites excluding steroid dienone is 2. The Kier molecular flexibility index (Phi) is 5.93. The molecule has 0 saturated carbocycles. The van der Waals surface area contributed by atoms with Gasteiger partial charge in [-0.15, -0.1) is 0 Å². The van der Waals surface area contributed by atoms with Crippen molar-refractivity contribution < 1.29 is 9.15 Å². The van der Waals surface area contributed by atoms with E-state index in [0.717, 1.165) is 72.7 Å². The lowest BCUT2D eigenvalue weighted by atomic mass is 9.93. The van der Waals surface area contributed by atoms with Crippen LogP contribution in [0.1, 0.15) is 12.0 Å². The van der Waals surface area contributed by atoms with Crippen LogP contribution in [-0.2, 0) is 0 Å². The second kappa shape index (κ2) is 10.6.